The molecule has 22 heavy (non-hydrogen) atoms. The SMILES string of the molecule is Cc1ccc(N=C2NC(=O)/C(=C/c3ccccc3)S2)cc1C. The summed E-state index contributed by atoms with van der Waals surface area (Å²) < 4.78 is 0. The second-order valence-electron chi connectivity index (χ2n) is 5.16. The molecule has 110 valence electrons. The van der Waals surface area contributed by atoms with Crippen molar-refractivity contribution in [2.24, 2.45) is 4.99 Å². The van der Waals surface area contributed by atoms with E-state index in [1.54, 1.807) is 0 Å². The van der Waals surface area contributed by atoms with Crippen molar-refractivity contribution in [2.75, 3.05) is 0 Å². The molecule has 0 radical (unpaired) electrons. The van der Waals surface area contributed by atoms with Crippen LogP contribution in [0.5, 0.6) is 0 Å². The quantitative estimate of drug-likeness (QED) is 0.845. The Bertz CT molecular complexity index is 779. The lowest BCUT2D eigenvalue weighted by molar-refractivity contribution is -0.115. The number of amidine groups is 1. The van der Waals surface area contributed by atoms with Crippen LogP contribution in [0.4, 0.5) is 5.69 Å². The number of carbonyl (C=O) groups excluding carboxylic acids is 1. The number of thioether (sulfide) groups is 1. The maximum Gasteiger partial charge on any atom is 0.264 e. The normalized spacial score (nSPS) is 18.0. The minimum atomic E-state index is -0.101. The highest BCUT2D eigenvalue weighted by atomic mass is 32.2. The highest BCUT2D eigenvalue weighted by Gasteiger charge is 2.23. The fourth-order valence-corrected chi connectivity index (χ4v) is 2.94. The van der Waals surface area contributed by atoms with Crippen LogP contribution in [0.2, 0.25) is 0 Å². The van der Waals surface area contributed by atoms with Gasteiger partial charge in [0.25, 0.3) is 5.91 Å². The van der Waals surface area contributed by atoms with Gasteiger partial charge in [-0.3, -0.25) is 4.79 Å². The number of aliphatic imine (C=N–C) groups is 1. The van der Waals surface area contributed by atoms with Crippen molar-refractivity contribution in [2.45, 2.75) is 13.8 Å². The first kappa shape index (κ1) is 14.6. The van der Waals surface area contributed by atoms with Crippen LogP contribution in [0.15, 0.2) is 58.4 Å². The third kappa shape index (κ3) is 3.28. The number of nitrogens with one attached hydrogen (secondary N) is 1. The van der Waals surface area contributed by atoms with Crippen molar-refractivity contribution >= 4 is 34.6 Å². The standard InChI is InChI=1S/C18H16N2OS/c1-12-8-9-15(10-13(12)2)19-18-20-17(21)16(22-18)11-14-6-4-3-5-7-14/h3-11H,1-2H3,(H,19,20,21)/b16-11-. The van der Waals surface area contributed by atoms with E-state index in [1.807, 2.05) is 54.6 Å². The summed E-state index contributed by atoms with van der Waals surface area (Å²) in [5.41, 5.74) is 4.28. The average molecular weight is 308 g/mol. The maximum absolute atomic E-state index is 12.0. The Morgan fingerprint density at radius 1 is 1.05 bits per heavy atom. The summed E-state index contributed by atoms with van der Waals surface area (Å²) in [6, 6.07) is 15.8. The van der Waals surface area contributed by atoms with E-state index < -0.39 is 0 Å². The van der Waals surface area contributed by atoms with Gasteiger partial charge >= 0.3 is 0 Å². The zero-order chi connectivity index (χ0) is 15.5. The Hall–Kier alpha value is -2.33. The zero-order valence-electron chi connectivity index (χ0n) is 12.5. The molecule has 3 nitrogen and oxygen atoms in total. The molecular weight excluding hydrogens is 292 g/mol. The molecule has 0 aliphatic carbocycles. The Morgan fingerprint density at radius 3 is 2.55 bits per heavy atom. The Kier molecular flexibility index (Phi) is 4.11. The third-order valence-electron chi connectivity index (χ3n) is 3.47. The zero-order valence-corrected chi connectivity index (χ0v) is 13.3. The summed E-state index contributed by atoms with van der Waals surface area (Å²) in [7, 11) is 0. The predicted octanol–water partition coefficient (Wildman–Crippen LogP) is 4.20. The average Bonchev–Trinajstić information content (AvgIpc) is 2.84. The summed E-state index contributed by atoms with van der Waals surface area (Å²) >= 11 is 1.37. The Balaban J connectivity index is 1.83. The van der Waals surface area contributed by atoms with Gasteiger partial charge in [0.05, 0.1) is 10.6 Å². The van der Waals surface area contributed by atoms with Gasteiger partial charge in [0.15, 0.2) is 5.17 Å². The molecule has 0 bridgehead atoms. The fourth-order valence-electron chi connectivity index (χ4n) is 2.09. The maximum atomic E-state index is 12.0. The number of carbonyl (C=O) groups is 1. The van der Waals surface area contributed by atoms with Gasteiger partial charge in [-0.2, -0.15) is 0 Å². The summed E-state index contributed by atoms with van der Waals surface area (Å²) in [5.74, 6) is -0.101. The van der Waals surface area contributed by atoms with Gasteiger partial charge in [0, 0.05) is 0 Å². The number of benzene rings is 2. The van der Waals surface area contributed by atoms with Crippen molar-refractivity contribution in [3.05, 3.63) is 70.1 Å². The van der Waals surface area contributed by atoms with Gasteiger partial charge in [0.2, 0.25) is 0 Å². The molecule has 0 unspecified atom stereocenters. The number of nitrogens with zero attached hydrogens (tertiary/aromatic N) is 1. The molecule has 2 aromatic rings. The van der Waals surface area contributed by atoms with Crippen molar-refractivity contribution in [3.8, 4) is 0 Å². The first-order valence-corrected chi connectivity index (χ1v) is 7.85. The van der Waals surface area contributed by atoms with Crippen LogP contribution in [0.25, 0.3) is 6.08 Å². The van der Waals surface area contributed by atoms with Crippen LogP contribution in [-0.4, -0.2) is 11.1 Å². The summed E-state index contributed by atoms with van der Waals surface area (Å²) in [6.45, 7) is 4.12. The van der Waals surface area contributed by atoms with E-state index in [2.05, 4.69) is 24.2 Å². The summed E-state index contributed by atoms with van der Waals surface area (Å²) in [4.78, 5) is 17.2. The molecule has 0 atom stereocenters. The van der Waals surface area contributed by atoms with Gasteiger partial charge in [-0.25, -0.2) is 4.99 Å². The molecule has 1 heterocycles. The van der Waals surface area contributed by atoms with Crippen LogP contribution < -0.4 is 5.32 Å². The first-order chi connectivity index (χ1) is 10.6. The molecule has 3 rings (SSSR count). The number of hydrogen-bond donors (Lipinski definition) is 1. The molecule has 0 saturated carbocycles. The largest absolute Gasteiger partial charge is 0.300 e. The second kappa shape index (κ2) is 6.20. The van der Waals surface area contributed by atoms with E-state index in [0.717, 1.165) is 11.3 Å². The molecule has 1 amide bonds. The first-order valence-electron chi connectivity index (χ1n) is 7.04. The number of hydrogen-bond acceptors (Lipinski definition) is 3. The lowest BCUT2D eigenvalue weighted by Gasteiger charge is -2.01. The van der Waals surface area contributed by atoms with Gasteiger partial charge in [-0.05, 0) is 60.5 Å². The predicted molar refractivity (Wildman–Crippen MR) is 93.2 cm³/mol. The molecule has 0 aromatic heterocycles. The van der Waals surface area contributed by atoms with Gasteiger partial charge in [-0.1, -0.05) is 36.4 Å². The molecule has 1 fully saturated rings. The molecule has 1 N–H and O–H groups in total. The summed E-state index contributed by atoms with van der Waals surface area (Å²) in [5, 5.41) is 3.43. The van der Waals surface area contributed by atoms with Crippen LogP contribution in [0.1, 0.15) is 16.7 Å². The van der Waals surface area contributed by atoms with E-state index in [9.17, 15) is 4.79 Å². The molecular formula is C18H16N2OS. The smallest absolute Gasteiger partial charge is 0.264 e. The lowest BCUT2D eigenvalue weighted by atomic mass is 10.1. The number of amides is 1. The van der Waals surface area contributed by atoms with Gasteiger partial charge in [0.1, 0.15) is 0 Å². The Morgan fingerprint density at radius 2 is 1.82 bits per heavy atom. The monoisotopic (exact) mass is 308 g/mol. The summed E-state index contributed by atoms with van der Waals surface area (Å²) in [6.07, 6.45) is 1.88. The second-order valence-corrected chi connectivity index (χ2v) is 6.19. The third-order valence-corrected chi connectivity index (χ3v) is 4.38. The molecule has 1 aliphatic rings. The lowest BCUT2D eigenvalue weighted by Crippen LogP contribution is -2.19. The molecule has 1 saturated heterocycles. The van der Waals surface area contributed by atoms with E-state index in [-0.39, 0.29) is 5.91 Å². The minimum absolute atomic E-state index is 0.101. The molecule has 0 spiro atoms. The van der Waals surface area contributed by atoms with Crippen molar-refractivity contribution in [3.63, 3.8) is 0 Å². The van der Waals surface area contributed by atoms with E-state index in [1.165, 1.54) is 22.9 Å². The minimum Gasteiger partial charge on any atom is -0.300 e. The number of aryl methyl sites for hydroxylation is 2. The van der Waals surface area contributed by atoms with E-state index in [4.69, 9.17) is 0 Å². The van der Waals surface area contributed by atoms with Crippen molar-refractivity contribution in [1.82, 2.24) is 5.32 Å². The van der Waals surface area contributed by atoms with Crippen molar-refractivity contribution < 1.29 is 4.79 Å². The van der Waals surface area contributed by atoms with Gasteiger partial charge in [-0.15, -0.1) is 0 Å². The van der Waals surface area contributed by atoms with Crippen molar-refractivity contribution in [1.29, 1.82) is 0 Å². The Labute approximate surface area is 134 Å². The van der Waals surface area contributed by atoms with Crippen LogP contribution >= 0.6 is 11.8 Å². The van der Waals surface area contributed by atoms with Crippen LogP contribution in [0, 0.1) is 13.8 Å². The van der Waals surface area contributed by atoms with Crippen LogP contribution in [0.3, 0.4) is 0 Å². The van der Waals surface area contributed by atoms with Crippen LogP contribution in [-0.2, 0) is 4.79 Å². The highest BCUT2D eigenvalue weighted by Crippen LogP contribution is 2.28. The molecule has 2 aromatic carbocycles. The van der Waals surface area contributed by atoms with Gasteiger partial charge < -0.3 is 5.32 Å². The highest BCUT2D eigenvalue weighted by molar-refractivity contribution is 8.18. The molecule has 4 heteroatoms. The number of rotatable bonds is 2. The topological polar surface area (TPSA) is 41.5 Å². The van der Waals surface area contributed by atoms with E-state index >= 15 is 0 Å². The van der Waals surface area contributed by atoms with E-state index in [0.29, 0.717) is 10.1 Å². The fraction of sp³-hybridized carbons (Fsp3) is 0.111. The molecule has 1 aliphatic heterocycles.